The molecule has 0 aliphatic heterocycles. The highest BCUT2D eigenvalue weighted by Gasteiger charge is 2.27. The number of fused-ring (bicyclic) bond motifs is 1. The molecule has 2 aromatic carbocycles. The molecule has 1 fully saturated rings. The first-order chi connectivity index (χ1) is 16.9. The van der Waals surface area contributed by atoms with Crippen LogP contribution >= 0.6 is 0 Å². The van der Waals surface area contributed by atoms with Gasteiger partial charge < -0.3 is 9.88 Å². The van der Waals surface area contributed by atoms with E-state index >= 15 is 0 Å². The molecule has 2 heterocycles. The van der Waals surface area contributed by atoms with E-state index in [4.69, 9.17) is 0 Å². The number of carbonyl (C=O) groups is 1. The fourth-order valence-corrected chi connectivity index (χ4v) is 5.40. The average molecular weight is 489 g/mol. The van der Waals surface area contributed by atoms with Gasteiger partial charge in [-0.15, -0.1) is 0 Å². The first-order valence-electron chi connectivity index (χ1n) is 11.8. The predicted octanol–water partition coefficient (Wildman–Crippen LogP) is 4.15. The summed E-state index contributed by atoms with van der Waals surface area (Å²) in [5.41, 5.74) is 4.24. The van der Waals surface area contributed by atoms with E-state index in [9.17, 15) is 13.2 Å². The number of para-hydroxylation sites is 1. The van der Waals surface area contributed by atoms with Crippen LogP contribution in [-0.2, 0) is 23.1 Å². The maximum Gasteiger partial charge on any atom is 0.282 e. The summed E-state index contributed by atoms with van der Waals surface area (Å²) in [5.74, 6) is -0.643. The van der Waals surface area contributed by atoms with Crippen LogP contribution in [0, 0.1) is 6.92 Å². The SMILES string of the molecule is Cc1ccc(Cn2c(C(=O)NS(=O)(=O)c3ccncc3)c(CNC3CCC3)c3ccccc32)cc1. The Balaban J connectivity index is 1.59. The average Bonchev–Trinajstić information content (AvgIpc) is 3.13. The number of hydrogen-bond acceptors (Lipinski definition) is 5. The van der Waals surface area contributed by atoms with Crippen LogP contribution in [0.25, 0.3) is 10.9 Å². The molecule has 2 aromatic heterocycles. The standard InChI is InChI=1S/C27H28N4O3S/c1-19-9-11-20(12-10-19)18-31-25-8-3-2-7-23(25)24(17-29-21-5-4-6-21)26(31)27(32)30-35(33,34)22-13-15-28-16-14-22/h2-3,7-16,21,29H,4-6,17-18H2,1H3,(H,30,32). The van der Waals surface area contributed by atoms with Crippen molar-refractivity contribution in [2.24, 2.45) is 0 Å². The number of carbonyl (C=O) groups excluding carboxylic acids is 1. The molecule has 2 N–H and O–H groups in total. The van der Waals surface area contributed by atoms with Crippen molar-refractivity contribution < 1.29 is 13.2 Å². The molecule has 8 heteroatoms. The minimum Gasteiger partial charge on any atom is -0.332 e. The third-order valence-corrected chi connectivity index (χ3v) is 7.96. The lowest BCUT2D eigenvalue weighted by molar-refractivity contribution is 0.0972. The molecule has 35 heavy (non-hydrogen) atoms. The van der Waals surface area contributed by atoms with Crippen LogP contribution in [-0.4, -0.2) is 29.9 Å². The molecular formula is C27H28N4O3S. The molecule has 0 radical (unpaired) electrons. The van der Waals surface area contributed by atoms with E-state index in [2.05, 4.69) is 15.0 Å². The highest BCUT2D eigenvalue weighted by molar-refractivity contribution is 7.90. The van der Waals surface area contributed by atoms with E-state index in [1.54, 1.807) is 0 Å². The van der Waals surface area contributed by atoms with Crippen molar-refractivity contribution in [3.8, 4) is 0 Å². The van der Waals surface area contributed by atoms with Gasteiger partial charge in [0.15, 0.2) is 0 Å². The van der Waals surface area contributed by atoms with Crippen LogP contribution < -0.4 is 10.0 Å². The molecule has 0 saturated heterocycles. The summed E-state index contributed by atoms with van der Waals surface area (Å²) in [6.45, 7) is 2.97. The maximum atomic E-state index is 13.7. The van der Waals surface area contributed by atoms with Gasteiger partial charge in [0.2, 0.25) is 0 Å². The lowest BCUT2D eigenvalue weighted by Gasteiger charge is -2.26. The number of hydrogen-bond donors (Lipinski definition) is 2. The summed E-state index contributed by atoms with van der Waals surface area (Å²) in [6.07, 6.45) is 6.20. The van der Waals surface area contributed by atoms with E-state index in [0.29, 0.717) is 24.8 Å². The zero-order chi connectivity index (χ0) is 24.4. The maximum absolute atomic E-state index is 13.7. The fourth-order valence-electron chi connectivity index (χ4n) is 4.46. The number of pyridine rings is 1. The molecule has 0 bridgehead atoms. The van der Waals surface area contributed by atoms with Crippen LogP contribution in [0.1, 0.15) is 46.4 Å². The molecular weight excluding hydrogens is 460 g/mol. The molecule has 4 aromatic rings. The van der Waals surface area contributed by atoms with Crippen molar-refractivity contribution >= 4 is 26.8 Å². The number of sulfonamides is 1. The number of aromatic nitrogens is 2. The van der Waals surface area contributed by atoms with Crippen molar-refractivity contribution in [2.45, 2.75) is 50.2 Å². The zero-order valence-electron chi connectivity index (χ0n) is 19.6. The van der Waals surface area contributed by atoms with Crippen LogP contribution in [0.4, 0.5) is 0 Å². The van der Waals surface area contributed by atoms with Crippen LogP contribution in [0.5, 0.6) is 0 Å². The smallest absolute Gasteiger partial charge is 0.282 e. The first kappa shape index (κ1) is 23.3. The molecule has 0 atom stereocenters. The third-order valence-electron chi connectivity index (χ3n) is 6.61. The van der Waals surface area contributed by atoms with Gasteiger partial charge in [-0.25, -0.2) is 13.1 Å². The monoisotopic (exact) mass is 488 g/mol. The van der Waals surface area contributed by atoms with Crippen molar-refractivity contribution in [1.29, 1.82) is 0 Å². The fraction of sp³-hybridized carbons (Fsp3) is 0.259. The third kappa shape index (κ3) is 4.85. The quantitative estimate of drug-likeness (QED) is 0.389. The largest absolute Gasteiger partial charge is 0.332 e. The van der Waals surface area contributed by atoms with Crippen molar-refractivity contribution in [3.05, 3.63) is 95.4 Å². The summed E-state index contributed by atoms with van der Waals surface area (Å²) < 4.78 is 30.2. The van der Waals surface area contributed by atoms with Crippen molar-refractivity contribution in [1.82, 2.24) is 19.6 Å². The molecule has 1 amide bonds. The Morgan fingerprint density at radius 2 is 1.74 bits per heavy atom. The summed E-state index contributed by atoms with van der Waals surface area (Å²) in [6, 6.07) is 19.2. The van der Waals surface area contributed by atoms with Crippen LogP contribution in [0.15, 0.2) is 78.0 Å². The Labute approximate surface area is 205 Å². The lowest BCUT2D eigenvalue weighted by Crippen LogP contribution is -2.36. The van der Waals surface area contributed by atoms with E-state index in [0.717, 1.165) is 40.4 Å². The minimum absolute atomic E-state index is 0.00353. The first-order valence-corrected chi connectivity index (χ1v) is 13.3. The van der Waals surface area contributed by atoms with Gasteiger partial charge in [-0.3, -0.25) is 9.78 Å². The topological polar surface area (TPSA) is 93.1 Å². The van der Waals surface area contributed by atoms with E-state index < -0.39 is 15.9 Å². The molecule has 7 nitrogen and oxygen atoms in total. The summed E-state index contributed by atoms with van der Waals surface area (Å²) in [7, 11) is -4.06. The molecule has 0 unspecified atom stereocenters. The second-order valence-corrected chi connectivity index (χ2v) is 10.7. The summed E-state index contributed by atoms with van der Waals surface area (Å²) in [4.78, 5) is 17.5. The number of rotatable bonds is 8. The van der Waals surface area contributed by atoms with Gasteiger partial charge in [0.05, 0.1) is 4.90 Å². The number of amides is 1. The van der Waals surface area contributed by atoms with Gasteiger partial charge in [0.25, 0.3) is 15.9 Å². The molecule has 5 rings (SSSR count). The van der Waals surface area contributed by atoms with Crippen LogP contribution in [0.3, 0.4) is 0 Å². The van der Waals surface area contributed by atoms with Gasteiger partial charge in [-0.1, -0.05) is 54.4 Å². The number of benzene rings is 2. The molecule has 1 aliphatic rings. The summed E-state index contributed by atoms with van der Waals surface area (Å²) >= 11 is 0. The Hall–Kier alpha value is -3.49. The second kappa shape index (κ2) is 9.64. The highest BCUT2D eigenvalue weighted by atomic mass is 32.2. The van der Waals surface area contributed by atoms with Gasteiger partial charge in [-0.2, -0.15) is 0 Å². The number of nitrogens with one attached hydrogen (secondary N) is 2. The summed E-state index contributed by atoms with van der Waals surface area (Å²) in [5, 5.41) is 4.49. The minimum atomic E-state index is -4.06. The van der Waals surface area contributed by atoms with E-state index in [-0.39, 0.29) is 4.90 Å². The van der Waals surface area contributed by atoms with Gasteiger partial charge in [0.1, 0.15) is 5.69 Å². The molecule has 1 aliphatic carbocycles. The van der Waals surface area contributed by atoms with Gasteiger partial charge in [-0.05, 0) is 43.5 Å². The Bertz CT molecular complexity index is 1460. The Morgan fingerprint density at radius 1 is 1.03 bits per heavy atom. The highest BCUT2D eigenvalue weighted by Crippen LogP contribution is 2.29. The van der Waals surface area contributed by atoms with E-state index in [1.165, 1.54) is 30.9 Å². The second-order valence-electron chi connectivity index (χ2n) is 9.04. The molecule has 0 spiro atoms. The van der Waals surface area contributed by atoms with Gasteiger partial charge >= 0.3 is 0 Å². The number of aryl methyl sites for hydroxylation is 1. The van der Waals surface area contributed by atoms with Crippen molar-refractivity contribution in [3.63, 3.8) is 0 Å². The zero-order valence-corrected chi connectivity index (χ0v) is 20.4. The Morgan fingerprint density at radius 3 is 2.43 bits per heavy atom. The van der Waals surface area contributed by atoms with Gasteiger partial charge in [0, 0.05) is 48.0 Å². The Kier molecular flexibility index (Phi) is 6.40. The van der Waals surface area contributed by atoms with E-state index in [1.807, 2.05) is 60.0 Å². The normalized spacial score (nSPS) is 14.1. The molecule has 180 valence electrons. The molecule has 1 saturated carbocycles. The lowest BCUT2D eigenvalue weighted by atomic mass is 9.93. The van der Waals surface area contributed by atoms with Crippen molar-refractivity contribution in [2.75, 3.05) is 0 Å². The number of nitrogens with zero attached hydrogens (tertiary/aromatic N) is 2. The predicted molar refractivity (Wildman–Crippen MR) is 136 cm³/mol. The van der Waals surface area contributed by atoms with Crippen LogP contribution in [0.2, 0.25) is 0 Å².